The Morgan fingerprint density at radius 2 is 1.65 bits per heavy atom. The molecule has 0 aromatic carbocycles. The monoisotopic (exact) mass is 241 g/mol. The number of hydrogen-bond donors (Lipinski definition) is 1. The molecule has 0 bridgehead atoms. The fourth-order valence-electron chi connectivity index (χ4n) is 1.99. The zero-order valence-electron chi connectivity index (χ0n) is 11.7. The Morgan fingerprint density at radius 3 is 2.41 bits per heavy atom. The van der Waals surface area contributed by atoms with Crippen molar-refractivity contribution in [1.82, 2.24) is 5.32 Å². The second kappa shape index (κ2) is 11.0. The van der Waals surface area contributed by atoms with E-state index in [1.54, 1.807) is 0 Å². The Morgan fingerprint density at radius 1 is 0.941 bits per heavy atom. The molecule has 0 amide bonds. The molecular formula is C15H31NO. The number of nitrogens with one attached hydrogen (secondary N) is 1. The average Bonchev–Trinajstić information content (AvgIpc) is 3.15. The van der Waals surface area contributed by atoms with E-state index in [0.29, 0.717) is 0 Å². The van der Waals surface area contributed by atoms with Crippen molar-refractivity contribution < 1.29 is 4.74 Å². The molecule has 17 heavy (non-hydrogen) atoms. The molecule has 1 aliphatic carbocycles. The molecule has 2 nitrogen and oxygen atoms in total. The first-order valence-corrected chi connectivity index (χ1v) is 7.72. The highest BCUT2D eigenvalue weighted by Gasteiger charge is 2.20. The lowest BCUT2D eigenvalue weighted by atomic mass is 10.1. The number of ether oxygens (including phenoxy) is 1. The third-order valence-corrected chi connectivity index (χ3v) is 3.40. The van der Waals surface area contributed by atoms with E-state index >= 15 is 0 Å². The second-order valence-electron chi connectivity index (χ2n) is 5.39. The lowest BCUT2D eigenvalue weighted by molar-refractivity contribution is 0.122. The van der Waals surface area contributed by atoms with Crippen molar-refractivity contribution >= 4 is 0 Å². The molecule has 0 aromatic rings. The number of hydrogen-bond acceptors (Lipinski definition) is 2. The highest BCUT2D eigenvalue weighted by Crippen LogP contribution is 2.28. The molecule has 102 valence electrons. The topological polar surface area (TPSA) is 21.3 Å². The first-order chi connectivity index (χ1) is 8.43. The predicted octanol–water partition coefficient (Wildman–Crippen LogP) is 3.75. The lowest BCUT2D eigenvalue weighted by Gasteiger charge is -2.05. The summed E-state index contributed by atoms with van der Waals surface area (Å²) in [7, 11) is 0. The van der Waals surface area contributed by atoms with E-state index in [1.165, 1.54) is 64.3 Å². The first kappa shape index (κ1) is 15.0. The van der Waals surface area contributed by atoms with Gasteiger partial charge in [0.05, 0.1) is 0 Å². The molecule has 1 saturated carbocycles. The zero-order chi connectivity index (χ0) is 12.2. The van der Waals surface area contributed by atoms with Gasteiger partial charge in [-0.25, -0.2) is 0 Å². The van der Waals surface area contributed by atoms with Crippen LogP contribution in [0.15, 0.2) is 0 Å². The van der Waals surface area contributed by atoms with Crippen LogP contribution in [0.2, 0.25) is 0 Å². The van der Waals surface area contributed by atoms with Gasteiger partial charge in [0, 0.05) is 13.2 Å². The van der Waals surface area contributed by atoms with Crippen molar-refractivity contribution in [1.29, 1.82) is 0 Å². The van der Waals surface area contributed by atoms with Gasteiger partial charge in [0.25, 0.3) is 0 Å². The Balaban J connectivity index is 1.61. The van der Waals surface area contributed by atoms with Crippen LogP contribution in [0.1, 0.15) is 64.7 Å². The van der Waals surface area contributed by atoms with Gasteiger partial charge in [-0.1, -0.05) is 39.0 Å². The SMILES string of the molecule is CCCCCCCCNCCCOCC1CC1. The number of rotatable bonds is 13. The molecule has 2 heteroatoms. The summed E-state index contributed by atoms with van der Waals surface area (Å²) in [5, 5.41) is 3.50. The summed E-state index contributed by atoms with van der Waals surface area (Å²) in [5.74, 6) is 0.908. The summed E-state index contributed by atoms with van der Waals surface area (Å²) < 4.78 is 5.59. The van der Waals surface area contributed by atoms with Crippen LogP contribution in [0.25, 0.3) is 0 Å². The zero-order valence-corrected chi connectivity index (χ0v) is 11.7. The van der Waals surface area contributed by atoms with Crippen LogP contribution in [0.5, 0.6) is 0 Å². The lowest BCUT2D eigenvalue weighted by Crippen LogP contribution is -2.18. The minimum absolute atomic E-state index is 0.908. The Kier molecular flexibility index (Phi) is 9.72. The quantitative estimate of drug-likeness (QED) is 0.496. The van der Waals surface area contributed by atoms with Crippen molar-refractivity contribution in [3.8, 4) is 0 Å². The van der Waals surface area contributed by atoms with Crippen molar-refractivity contribution in [2.75, 3.05) is 26.3 Å². The highest BCUT2D eigenvalue weighted by molar-refractivity contribution is 4.71. The molecule has 0 atom stereocenters. The molecule has 0 unspecified atom stereocenters. The largest absolute Gasteiger partial charge is 0.381 e. The van der Waals surface area contributed by atoms with Crippen LogP contribution < -0.4 is 5.32 Å². The molecule has 0 aliphatic heterocycles. The van der Waals surface area contributed by atoms with Crippen LogP contribution in [0.3, 0.4) is 0 Å². The minimum Gasteiger partial charge on any atom is -0.381 e. The van der Waals surface area contributed by atoms with Crippen molar-refractivity contribution in [2.24, 2.45) is 5.92 Å². The van der Waals surface area contributed by atoms with E-state index in [1.807, 2.05) is 0 Å². The Bertz CT molecular complexity index is 157. The summed E-state index contributed by atoms with van der Waals surface area (Å²) in [4.78, 5) is 0. The molecule has 1 aliphatic rings. The third kappa shape index (κ3) is 10.8. The molecular weight excluding hydrogens is 210 g/mol. The van der Waals surface area contributed by atoms with E-state index in [0.717, 1.165) is 25.7 Å². The van der Waals surface area contributed by atoms with Gasteiger partial charge in [0.2, 0.25) is 0 Å². The summed E-state index contributed by atoms with van der Waals surface area (Å²) in [6, 6.07) is 0. The fraction of sp³-hybridized carbons (Fsp3) is 1.00. The van der Waals surface area contributed by atoms with Gasteiger partial charge in [0.1, 0.15) is 0 Å². The standard InChI is InChI=1S/C15H31NO/c1-2-3-4-5-6-7-11-16-12-8-13-17-14-15-9-10-15/h15-16H,2-14H2,1H3. The predicted molar refractivity (Wildman–Crippen MR) is 74.4 cm³/mol. The summed E-state index contributed by atoms with van der Waals surface area (Å²) >= 11 is 0. The van der Waals surface area contributed by atoms with Gasteiger partial charge in [0.15, 0.2) is 0 Å². The Labute approximate surface area is 108 Å². The minimum atomic E-state index is 0.908. The maximum Gasteiger partial charge on any atom is 0.0494 e. The van der Waals surface area contributed by atoms with E-state index in [9.17, 15) is 0 Å². The maximum atomic E-state index is 5.59. The van der Waals surface area contributed by atoms with Gasteiger partial charge in [-0.3, -0.25) is 0 Å². The smallest absolute Gasteiger partial charge is 0.0494 e. The summed E-state index contributed by atoms with van der Waals surface area (Å²) in [5.41, 5.74) is 0. The fourth-order valence-corrected chi connectivity index (χ4v) is 1.99. The van der Waals surface area contributed by atoms with Crippen LogP contribution in [-0.4, -0.2) is 26.3 Å². The van der Waals surface area contributed by atoms with Gasteiger partial charge >= 0.3 is 0 Å². The molecule has 1 N–H and O–H groups in total. The number of unbranched alkanes of at least 4 members (excludes halogenated alkanes) is 5. The third-order valence-electron chi connectivity index (χ3n) is 3.40. The van der Waals surface area contributed by atoms with Gasteiger partial charge in [-0.15, -0.1) is 0 Å². The molecule has 0 heterocycles. The van der Waals surface area contributed by atoms with Crippen molar-refractivity contribution in [3.63, 3.8) is 0 Å². The average molecular weight is 241 g/mol. The van der Waals surface area contributed by atoms with Gasteiger partial charge < -0.3 is 10.1 Å². The van der Waals surface area contributed by atoms with Gasteiger partial charge in [-0.2, -0.15) is 0 Å². The van der Waals surface area contributed by atoms with Crippen LogP contribution in [0, 0.1) is 5.92 Å². The van der Waals surface area contributed by atoms with Crippen LogP contribution in [0.4, 0.5) is 0 Å². The van der Waals surface area contributed by atoms with Crippen molar-refractivity contribution in [2.45, 2.75) is 64.7 Å². The highest BCUT2D eigenvalue weighted by atomic mass is 16.5. The van der Waals surface area contributed by atoms with E-state index in [2.05, 4.69) is 12.2 Å². The van der Waals surface area contributed by atoms with Crippen LogP contribution >= 0.6 is 0 Å². The molecule has 0 aromatic heterocycles. The van der Waals surface area contributed by atoms with Crippen LogP contribution in [-0.2, 0) is 4.74 Å². The molecule has 0 radical (unpaired) electrons. The second-order valence-corrected chi connectivity index (χ2v) is 5.39. The van der Waals surface area contributed by atoms with Gasteiger partial charge in [-0.05, 0) is 44.7 Å². The van der Waals surface area contributed by atoms with E-state index in [4.69, 9.17) is 4.74 Å². The molecule has 1 fully saturated rings. The Hall–Kier alpha value is -0.0800. The summed E-state index contributed by atoms with van der Waals surface area (Å²) in [6.07, 6.45) is 12.3. The normalized spacial score (nSPS) is 15.4. The van der Waals surface area contributed by atoms with E-state index < -0.39 is 0 Å². The molecule has 0 spiro atoms. The molecule has 1 rings (SSSR count). The van der Waals surface area contributed by atoms with Crippen molar-refractivity contribution in [3.05, 3.63) is 0 Å². The summed E-state index contributed by atoms with van der Waals surface area (Å²) in [6.45, 7) is 6.54. The molecule has 0 saturated heterocycles. The maximum absolute atomic E-state index is 5.59. The first-order valence-electron chi connectivity index (χ1n) is 7.72. The van der Waals surface area contributed by atoms with E-state index in [-0.39, 0.29) is 0 Å².